The summed E-state index contributed by atoms with van der Waals surface area (Å²) in [6.07, 6.45) is 3.64. The van der Waals surface area contributed by atoms with Crippen LogP contribution < -0.4 is 10.1 Å². The third-order valence-electron chi connectivity index (χ3n) is 2.96. The van der Waals surface area contributed by atoms with Crippen LogP contribution in [0.4, 0.5) is 5.69 Å². The third kappa shape index (κ3) is 2.46. The summed E-state index contributed by atoms with van der Waals surface area (Å²) < 4.78 is 5.76. The van der Waals surface area contributed by atoms with Crippen molar-refractivity contribution in [2.45, 2.75) is 12.8 Å². The zero-order valence-corrected chi connectivity index (χ0v) is 11.5. The van der Waals surface area contributed by atoms with Gasteiger partial charge in [0.2, 0.25) is 5.88 Å². The number of fused-ring (bicyclic) bond motifs is 1. The third-order valence-corrected chi connectivity index (χ3v) is 3.55. The minimum Gasteiger partial charge on any atom is -0.434 e. The standard InChI is InChI=1S/C13H11Cl2N3O/c14-9-4-1-5-10(15)12(9)19-13-8-3-2-6-16-11(8)7-17-18-13/h1,4-5,7,16H,2-3,6H2. The van der Waals surface area contributed by atoms with Crippen LogP contribution in [0.25, 0.3) is 0 Å². The zero-order valence-electron chi connectivity index (χ0n) is 9.99. The van der Waals surface area contributed by atoms with E-state index >= 15 is 0 Å². The second-order valence-electron chi connectivity index (χ2n) is 4.23. The minimum absolute atomic E-state index is 0.416. The van der Waals surface area contributed by atoms with Crippen molar-refractivity contribution in [1.29, 1.82) is 0 Å². The molecule has 0 unspecified atom stereocenters. The van der Waals surface area contributed by atoms with Crippen LogP contribution in [0.1, 0.15) is 12.0 Å². The summed E-state index contributed by atoms with van der Waals surface area (Å²) in [5.74, 6) is 0.874. The Morgan fingerprint density at radius 2 is 2.00 bits per heavy atom. The first kappa shape index (κ1) is 12.5. The van der Waals surface area contributed by atoms with Gasteiger partial charge in [-0.25, -0.2) is 0 Å². The van der Waals surface area contributed by atoms with E-state index in [9.17, 15) is 0 Å². The average molecular weight is 296 g/mol. The van der Waals surface area contributed by atoms with Gasteiger partial charge in [-0.1, -0.05) is 29.3 Å². The van der Waals surface area contributed by atoms with E-state index in [1.165, 1.54) is 0 Å². The van der Waals surface area contributed by atoms with Gasteiger partial charge in [0.05, 0.1) is 21.9 Å². The number of anilines is 1. The maximum Gasteiger partial charge on any atom is 0.244 e. The van der Waals surface area contributed by atoms with Crippen molar-refractivity contribution >= 4 is 28.9 Å². The highest BCUT2D eigenvalue weighted by Crippen LogP contribution is 2.38. The Kier molecular flexibility index (Phi) is 3.44. The highest BCUT2D eigenvalue weighted by molar-refractivity contribution is 6.37. The lowest BCUT2D eigenvalue weighted by molar-refractivity contribution is 0.447. The fourth-order valence-corrected chi connectivity index (χ4v) is 2.51. The molecule has 0 atom stereocenters. The maximum atomic E-state index is 6.09. The van der Waals surface area contributed by atoms with E-state index in [-0.39, 0.29) is 0 Å². The molecule has 0 spiro atoms. The molecule has 2 heterocycles. The largest absolute Gasteiger partial charge is 0.434 e. The van der Waals surface area contributed by atoms with Crippen LogP contribution in [0.3, 0.4) is 0 Å². The van der Waals surface area contributed by atoms with Gasteiger partial charge in [-0.3, -0.25) is 0 Å². The molecular weight excluding hydrogens is 285 g/mol. The van der Waals surface area contributed by atoms with Crippen LogP contribution in [0, 0.1) is 0 Å². The molecule has 6 heteroatoms. The molecule has 1 aliphatic heterocycles. The lowest BCUT2D eigenvalue weighted by atomic mass is 10.1. The summed E-state index contributed by atoms with van der Waals surface area (Å²) in [5.41, 5.74) is 1.97. The molecule has 0 aliphatic carbocycles. The van der Waals surface area contributed by atoms with Gasteiger partial charge in [0.1, 0.15) is 0 Å². The number of nitrogens with one attached hydrogen (secondary N) is 1. The van der Waals surface area contributed by atoms with E-state index in [1.54, 1.807) is 24.4 Å². The van der Waals surface area contributed by atoms with E-state index in [0.29, 0.717) is 21.7 Å². The topological polar surface area (TPSA) is 47.0 Å². The summed E-state index contributed by atoms with van der Waals surface area (Å²) in [4.78, 5) is 0. The molecule has 19 heavy (non-hydrogen) atoms. The minimum atomic E-state index is 0.416. The molecule has 0 radical (unpaired) electrons. The van der Waals surface area contributed by atoms with Gasteiger partial charge in [-0.15, -0.1) is 5.10 Å². The number of aromatic nitrogens is 2. The van der Waals surface area contributed by atoms with Crippen molar-refractivity contribution in [3.05, 3.63) is 40.0 Å². The Labute approximate surface area is 120 Å². The number of para-hydroxylation sites is 1. The number of hydrogen-bond acceptors (Lipinski definition) is 4. The van der Waals surface area contributed by atoms with Crippen LogP contribution in [0.2, 0.25) is 10.0 Å². The summed E-state index contributed by atoms with van der Waals surface area (Å²) in [6, 6.07) is 5.22. The fourth-order valence-electron chi connectivity index (χ4n) is 2.03. The zero-order chi connectivity index (χ0) is 13.2. The van der Waals surface area contributed by atoms with Crippen LogP contribution in [-0.4, -0.2) is 16.7 Å². The van der Waals surface area contributed by atoms with Crippen LogP contribution in [0.15, 0.2) is 24.4 Å². The SMILES string of the molecule is Clc1cccc(Cl)c1Oc1nncc2c1CCCN2. The summed E-state index contributed by atoms with van der Waals surface area (Å²) >= 11 is 12.2. The normalized spacial score (nSPS) is 13.6. The van der Waals surface area contributed by atoms with E-state index in [2.05, 4.69) is 15.5 Å². The second-order valence-corrected chi connectivity index (χ2v) is 5.04. The Morgan fingerprint density at radius 3 is 2.79 bits per heavy atom. The highest BCUT2D eigenvalue weighted by Gasteiger charge is 2.18. The molecule has 2 aromatic rings. The Morgan fingerprint density at radius 1 is 1.21 bits per heavy atom. The average Bonchev–Trinajstić information content (AvgIpc) is 2.43. The van der Waals surface area contributed by atoms with E-state index in [4.69, 9.17) is 27.9 Å². The molecule has 0 saturated heterocycles. The lowest BCUT2D eigenvalue weighted by Gasteiger charge is -2.19. The molecular formula is C13H11Cl2N3O. The van der Waals surface area contributed by atoms with Crippen LogP contribution in [-0.2, 0) is 6.42 Å². The number of ether oxygens (including phenoxy) is 1. The number of nitrogens with zero attached hydrogens (tertiary/aromatic N) is 2. The van der Waals surface area contributed by atoms with Crippen molar-refractivity contribution in [1.82, 2.24) is 10.2 Å². The van der Waals surface area contributed by atoms with Gasteiger partial charge in [0.25, 0.3) is 0 Å². The molecule has 3 rings (SSSR count). The van der Waals surface area contributed by atoms with Gasteiger partial charge in [0.15, 0.2) is 5.75 Å². The molecule has 0 fully saturated rings. The molecule has 1 aliphatic rings. The Balaban J connectivity index is 2.00. The summed E-state index contributed by atoms with van der Waals surface area (Å²) in [5, 5.41) is 12.1. The number of rotatable bonds is 2. The van der Waals surface area contributed by atoms with Crippen LogP contribution >= 0.6 is 23.2 Å². The number of halogens is 2. The van der Waals surface area contributed by atoms with Gasteiger partial charge in [-0.05, 0) is 25.0 Å². The maximum absolute atomic E-state index is 6.09. The molecule has 1 N–H and O–H groups in total. The molecule has 0 amide bonds. The van der Waals surface area contributed by atoms with E-state index in [1.807, 2.05) is 0 Å². The Hall–Kier alpha value is -1.52. The molecule has 1 aromatic heterocycles. The Bertz CT molecular complexity index is 599. The monoisotopic (exact) mass is 295 g/mol. The van der Waals surface area contributed by atoms with Crippen molar-refractivity contribution in [2.24, 2.45) is 0 Å². The van der Waals surface area contributed by atoms with Crippen molar-refractivity contribution in [3.8, 4) is 11.6 Å². The summed E-state index contributed by atoms with van der Waals surface area (Å²) in [6.45, 7) is 0.935. The lowest BCUT2D eigenvalue weighted by Crippen LogP contribution is -2.13. The predicted molar refractivity (Wildman–Crippen MR) is 75.4 cm³/mol. The van der Waals surface area contributed by atoms with Crippen LogP contribution in [0.5, 0.6) is 11.6 Å². The number of benzene rings is 1. The quantitative estimate of drug-likeness (QED) is 0.912. The molecule has 0 saturated carbocycles. The highest BCUT2D eigenvalue weighted by atomic mass is 35.5. The van der Waals surface area contributed by atoms with E-state index in [0.717, 1.165) is 30.6 Å². The fraction of sp³-hybridized carbons (Fsp3) is 0.231. The van der Waals surface area contributed by atoms with Gasteiger partial charge >= 0.3 is 0 Å². The molecule has 1 aromatic carbocycles. The second kappa shape index (κ2) is 5.23. The van der Waals surface area contributed by atoms with Crippen molar-refractivity contribution < 1.29 is 4.74 Å². The van der Waals surface area contributed by atoms with E-state index < -0.39 is 0 Å². The summed E-state index contributed by atoms with van der Waals surface area (Å²) in [7, 11) is 0. The first-order valence-corrected chi connectivity index (χ1v) is 6.71. The van der Waals surface area contributed by atoms with Crippen molar-refractivity contribution in [2.75, 3.05) is 11.9 Å². The van der Waals surface area contributed by atoms with Gasteiger partial charge in [-0.2, -0.15) is 5.10 Å². The molecule has 98 valence electrons. The number of hydrogen-bond donors (Lipinski definition) is 1. The predicted octanol–water partition coefficient (Wildman–Crippen LogP) is 3.93. The van der Waals surface area contributed by atoms with Crippen molar-refractivity contribution in [3.63, 3.8) is 0 Å². The first-order valence-electron chi connectivity index (χ1n) is 5.96. The molecule has 0 bridgehead atoms. The van der Waals surface area contributed by atoms with Gasteiger partial charge < -0.3 is 10.1 Å². The first-order chi connectivity index (χ1) is 9.25. The van der Waals surface area contributed by atoms with Gasteiger partial charge in [0, 0.05) is 12.1 Å². The molecule has 4 nitrogen and oxygen atoms in total. The smallest absolute Gasteiger partial charge is 0.244 e.